The van der Waals surface area contributed by atoms with Crippen LogP contribution in [0, 0.1) is 11.3 Å². The maximum Gasteiger partial charge on any atom is 0.145 e. The normalized spacial score (nSPS) is 9.90. The SMILES string of the molecule is CN(C)c1cccc(Oc2ccc(CBr)cc2C#N)c1. The van der Waals surface area contributed by atoms with Crippen LogP contribution in [0.5, 0.6) is 11.5 Å². The second-order valence-electron chi connectivity index (χ2n) is 4.57. The predicted octanol–water partition coefficient (Wildman–Crippen LogP) is 4.31. The van der Waals surface area contributed by atoms with Gasteiger partial charge in [0.05, 0.1) is 5.56 Å². The average Bonchev–Trinajstić information content (AvgIpc) is 2.48. The summed E-state index contributed by atoms with van der Waals surface area (Å²) < 4.78 is 5.83. The lowest BCUT2D eigenvalue weighted by Crippen LogP contribution is -2.08. The van der Waals surface area contributed by atoms with Gasteiger partial charge in [0.25, 0.3) is 0 Å². The van der Waals surface area contributed by atoms with Gasteiger partial charge in [0.2, 0.25) is 0 Å². The number of alkyl halides is 1. The molecule has 0 fully saturated rings. The first-order valence-corrected chi connectivity index (χ1v) is 7.30. The molecule has 2 aromatic carbocycles. The Kier molecular flexibility index (Phi) is 4.65. The average molecular weight is 331 g/mol. The minimum atomic E-state index is 0.539. The van der Waals surface area contributed by atoms with E-state index in [1.807, 2.05) is 61.5 Å². The van der Waals surface area contributed by atoms with Gasteiger partial charge in [-0.1, -0.05) is 28.1 Å². The third kappa shape index (κ3) is 3.31. The molecule has 0 N–H and O–H groups in total. The predicted molar refractivity (Wildman–Crippen MR) is 84.6 cm³/mol. The molecule has 0 radical (unpaired) electrons. The van der Waals surface area contributed by atoms with Crippen molar-refractivity contribution < 1.29 is 4.74 Å². The lowest BCUT2D eigenvalue weighted by Gasteiger charge is -2.14. The molecular formula is C16H15BrN2O. The van der Waals surface area contributed by atoms with E-state index in [1.165, 1.54) is 0 Å². The fourth-order valence-corrected chi connectivity index (χ4v) is 2.14. The highest BCUT2D eigenvalue weighted by Gasteiger charge is 2.07. The molecule has 0 saturated heterocycles. The van der Waals surface area contributed by atoms with Crippen LogP contribution in [0.4, 0.5) is 5.69 Å². The molecule has 0 saturated carbocycles. The Labute approximate surface area is 127 Å². The van der Waals surface area contributed by atoms with Crippen LogP contribution in [-0.4, -0.2) is 14.1 Å². The van der Waals surface area contributed by atoms with Crippen LogP contribution in [0.1, 0.15) is 11.1 Å². The third-order valence-electron chi connectivity index (χ3n) is 2.88. The first-order valence-electron chi connectivity index (χ1n) is 6.18. The number of halogens is 1. The summed E-state index contributed by atoms with van der Waals surface area (Å²) >= 11 is 3.38. The van der Waals surface area contributed by atoms with Crippen LogP contribution in [0.3, 0.4) is 0 Å². The first kappa shape index (κ1) is 14.4. The van der Waals surface area contributed by atoms with Crippen LogP contribution >= 0.6 is 15.9 Å². The number of hydrogen-bond donors (Lipinski definition) is 0. The van der Waals surface area contributed by atoms with Gasteiger partial charge in [0.15, 0.2) is 0 Å². The van der Waals surface area contributed by atoms with Crippen molar-refractivity contribution in [1.82, 2.24) is 0 Å². The van der Waals surface area contributed by atoms with Crippen molar-refractivity contribution in [3.05, 3.63) is 53.6 Å². The Morgan fingerprint density at radius 1 is 1.20 bits per heavy atom. The molecule has 3 nitrogen and oxygen atoms in total. The van der Waals surface area contributed by atoms with Gasteiger partial charge >= 0.3 is 0 Å². The molecule has 0 aromatic heterocycles. The maximum absolute atomic E-state index is 9.21. The van der Waals surface area contributed by atoms with Gasteiger partial charge in [-0.05, 0) is 29.8 Å². The van der Waals surface area contributed by atoms with Crippen LogP contribution in [0.15, 0.2) is 42.5 Å². The smallest absolute Gasteiger partial charge is 0.145 e. The van der Waals surface area contributed by atoms with Gasteiger partial charge in [-0.15, -0.1) is 0 Å². The molecule has 20 heavy (non-hydrogen) atoms. The Morgan fingerprint density at radius 3 is 2.65 bits per heavy atom. The molecule has 0 heterocycles. The van der Waals surface area contributed by atoms with Crippen molar-refractivity contribution in [2.75, 3.05) is 19.0 Å². The zero-order chi connectivity index (χ0) is 14.5. The molecule has 2 rings (SSSR count). The molecule has 0 unspecified atom stereocenters. The number of benzene rings is 2. The molecule has 0 bridgehead atoms. The summed E-state index contributed by atoms with van der Waals surface area (Å²) in [6, 6.07) is 15.5. The Bertz CT molecular complexity index is 647. The van der Waals surface area contributed by atoms with E-state index in [-0.39, 0.29) is 0 Å². The van der Waals surface area contributed by atoms with Gasteiger partial charge in [-0.25, -0.2) is 0 Å². The van der Waals surface area contributed by atoms with Crippen molar-refractivity contribution in [3.8, 4) is 17.6 Å². The highest BCUT2D eigenvalue weighted by atomic mass is 79.9. The summed E-state index contributed by atoms with van der Waals surface area (Å²) in [5.74, 6) is 1.30. The quantitative estimate of drug-likeness (QED) is 0.783. The van der Waals surface area contributed by atoms with E-state index in [4.69, 9.17) is 4.74 Å². The summed E-state index contributed by atoms with van der Waals surface area (Å²) in [5.41, 5.74) is 2.64. The van der Waals surface area contributed by atoms with E-state index in [0.717, 1.165) is 22.3 Å². The molecule has 0 aliphatic carbocycles. The fraction of sp³-hybridized carbons (Fsp3) is 0.188. The minimum absolute atomic E-state index is 0.539. The van der Waals surface area contributed by atoms with Crippen LogP contribution in [0.25, 0.3) is 0 Å². The molecular weight excluding hydrogens is 316 g/mol. The summed E-state index contributed by atoms with van der Waals surface area (Å²) in [4.78, 5) is 2.01. The van der Waals surface area contributed by atoms with Gasteiger partial charge in [-0.2, -0.15) is 5.26 Å². The molecule has 4 heteroatoms. The molecule has 0 amide bonds. The van der Waals surface area contributed by atoms with Crippen molar-refractivity contribution in [2.45, 2.75) is 5.33 Å². The molecule has 2 aromatic rings. The molecule has 0 aliphatic heterocycles. The van der Waals surface area contributed by atoms with Gasteiger partial charge in [0.1, 0.15) is 17.6 Å². The number of nitrogens with zero attached hydrogens (tertiary/aromatic N) is 2. The lowest BCUT2D eigenvalue weighted by atomic mass is 10.1. The number of anilines is 1. The van der Waals surface area contributed by atoms with Crippen molar-refractivity contribution in [2.24, 2.45) is 0 Å². The van der Waals surface area contributed by atoms with Crippen molar-refractivity contribution in [1.29, 1.82) is 5.26 Å². The fourth-order valence-electron chi connectivity index (χ4n) is 1.79. The van der Waals surface area contributed by atoms with Gasteiger partial charge in [-0.3, -0.25) is 0 Å². The summed E-state index contributed by atoms with van der Waals surface area (Å²) in [6.07, 6.45) is 0. The van der Waals surface area contributed by atoms with E-state index in [1.54, 1.807) is 0 Å². The van der Waals surface area contributed by atoms with Crippen LogP contribution < -0.4 is 9.64 Å². The van der Waals surface area contributed by atoms with Crippen molar-refractivity contribution >= 4 is 21.6 Å². The largest absolute Gasteiger partial charge is 0.456 e. The molecule has 102 valence electrons. The zero-order valence-corrected chi connectivity index (χ0v) is 13.0. The number of ether oxygens (including phenoxy) is 1. The standard InChI is InChI=1S/C16H15BrN2O/c1-19(2)14-4-3-5-15(9-14)20-16-7-6-12(10-17)8-13(16)11-18/h3-9H,10H2,1-2H3. The monoisotopic (exact) mass is 330 g/mol. The van der Waals surface area contributed by atoms with Crippen molar-refractivity contribution in [3.63, 3.8) is 0 Å². The molecule has 0 spiro atoms. The zero-order valence-electron chi connectivity index (χ0n) is 11.4. The molecule has 0 aliphatic rings. The Hall–Kier alpha value is -1.99. The highest BCUT2D eigenvalue weighted by molar-refractivity contribution is 9.08. The van der Waals surface area contributed by atoms with Crippen LogP contribution in [0.2, 0.25) is 0 Å². The lowest BCUT2D eigenvalue weighted by molar-refractivity contribution is 0.481. The third-order valence-corrected chi connectivity index (χ3v) is 3.53. The number of nitriles is 1. The van der Waals surface area contributed by atoms with Gasteiger partial charge < -0.3 is 9.64 Å². The molecule has 0 atom stereocenters. The first-order chi connectivity index (χ1) is 9.63. The van der Waals surface area contributed by atoms with E-state index in [0.29, 0.717) is 11.3 Å². The summed E-state index contributed by atoms with van der Waals surface area (Å²) in [5, 5.41) is 9.93. The second kappa shape index (κ2) is 6.44. The highest BCUT2D eigenvalue weighted by Crippen LogP contribution is 2.28. The topological polar surface area (TPSA) is 36.3 Å². The van der Waals surface area contributed by atoms with E-state index >= 15 is 0 Å². The second-order valence-corrected chi connectivity index (χ2v) is 5.13. The maximum atomic E-state index is 9.21. The summed E-state index contributed by atoms with van der Waals surface area (Å²) in [6.45, 7) is 0. The number of hydrogen-bond acceptors (Lipinski definition) is 3. The number of rotatable bonds is 4. The Morgan fingerprint density at radius 2 is 2.00 bits per heavy atom. The Balaban J connectivity index is 2.30. The van der Waals surface area contributed by atoms with E-state index in [9.17, 15) is 5.26 Å². The summed E-state index contributed by atoms with van der Waals surface area (Å²) in [7, 11) is 3.95. The van der Waals surface area contributed by atoms with E-state index in [2.05, 4.69) is 22.0 Å². The van der Waals surface area contributed by atoms with E-state index < -0.39 is 0 Å². The van der Waals surface area contributed by atoms with Gasteiger partial charge in [0, 0.05) is 31.2 Å². The minimum Gasteiger partial charge on any atom is -0.456 e. The van der Waals surface area contributed by atoms with Crippen LogP contribution in [-0.2, 0) is 5.33 Å².